The van der Waals surface area contributed by atoms with E-state index in [1.165, 1.54) is 0 Å². The average molecular weight is 351 g/mol. The Labute approximate surface area is 150 Å². The number of ether oxygens (including phenoxy) is 3. The summed E-state index contributed by atoms with van der Waals surface area (Å²) < 4.78 is 16.3. The Balaban J connectivity index is 1.81. The minimum atomic E-state index is -0.489. The molecule has 132 valence electrons. The van der Waals surface area contributed by atoms with Crippen molar-refractivity contribution in [2.45, 2.75) is 0 Å². The summed E-state index contributed by atoms with van der Waals surface area (Å²) in [6.07, 6.45) is 0. The Bertz CT molecular complexity index is 970. The van der Waals surface area contributed by atoms with Gasteiger partial charge in [0.1, 0.15) is 19.8 Å². The van der Waals surface area contributed by atoms with Gasteiger partial charge >= 0.3 is 5.97 Å². The Hall–Kier alpha value is -3.12. The van der Waals surface area contributed by atoms with Gasteiger partial charge in [0.05, 0.1) is 23.4 Å². The number of hydrogen-bond acceptors (Lipinski definition) is 6. The van der Waals surface area contributed by atoms with E-state index in [4.69, 9.17) is 19.3 Å². The van der Waals surface area contributed by atoms with Crippen molar-refractivity contribution in [1.29, 1.82) is 0 Å². The van der Waals surface area contributed by atoms with E-state index in [0.29, 0.717) is 46.9 Å². The van der Waals surface area contributed by atoms with E-state index in [0.717, 1.165) is 5.56 Å². The van der Waals surface area contributed by atoms with E-state index >= 15 is 0 Å². The summed E-state index contributed by atoms with van der Waals surface area (Å²) in [4.78, 5) is 17.1. The zero-order valence-corrected chi connectivity index (χ0v) is 14.0. The van der Waals surface area contributed by atoms with E-state index < -0.39 is 5.97 Å². The Morgan fingerprint density at radius 3 is 2.73 bits per heavy atom. The molecule has 6 heteroatoms. The minimum absolute atomic E-state index is 0.0468. The Morgan fingerprint density at radius 1 is 1.08 bits per heavy atom. The summed E-state index contributed by atoms with van der Waals surface area (Å²) in [5, 5.41) is 9.61. The average Bonchev–Trinajstić information content (AvgIpc) is 2.70. The molecule has 1 aliphatic heterocycles. The molecular weight excluding hydrogens is 334 g/mol. The Kier molecular flexibility index (Phi) is 4.41. The van der Waals surface area contributed by atoms with E-state index in [-0.39, 0.29) is 13.2 Å². The van der Waals surface area contributed by atoms with E-state index in [2.05, 4.69) is 4.98 Å². The first kappa shape index (κ1) is 16.4. The molecule has 0 spiro atoms. The number of carbonyl (C=O) groups is 1. The topological polar surface area (TPSA) is 77.9 Å². The molecule has 0 atom stereocenters. The molecule has 6 nitrogen and oxygen atoms in total. The molecule has 0 fully saturated rings. The predicted molar refractivity (Wildman–Crippen MR) is 95.5 cm³/mol. The quantitative estimate of drug-likeness (QED) is 0.728. The van der Waals surface area contributed by atoms with Crippen LogP contribution in [-0.4, -0.2) is 42.5 Å². The van der Waals surface area contributed by atoms with Crippen molar-refractivity contribution in [1.82, 2.24) is 4.98 Å². The van der Waals surface area contributed by atoms with Gasteiger partial charge in [-0.1, -0.05) is 18.2 Å². The zero-order valence-electron chi connectivity index (χ0n) is 14.0. The number of aromatic nitrogens is 1. The summed E-state index contributed by atoms with van der Waals surface area (Å²) in [5.41, 5.74) is 2.55. The maximum absolute atomic E-state index is 12.4. The monoisotopic (exact) mass is 351 g/mol. The van der Waals surface area contributed by atoms with Crippen molar-refractivity contribution in [3.8, 4) is 22.8 Å². The van der Waals surface area contributed by atoms with E-state index in [1.807, 2.05) is 42.5 Å². The lowest BCUT2D eigenvalue weighted by Crippen LogP contribution is -2.15. The molecule has 3 aromatic rings. The van der Waals surface area contributed by atoms with E-state index in [1.54, 1.807) is 6.07 Å². The zero-order chi connectivity index (χ0) is 17.9. The van der Waals surface area contributed by atoms with Gasteiger partial charge in [0.15, 0.2) is 11.5 Å². The van der Waals surface area contributed by atoms with Crippen LogP contribution in [0, 0.1) is 0 Å². The van der Waals surface area contributed by atoms with Gasteiger partial charge in [0.25, 0.3) is 0 Å². The van der Waals surface area contributed by atoms with Crippen LogP contribution in [-0.2, 0) is 4.74 Å². The molecule has 1 aliphatic rings. The SMILES string of the molecule is O=C(OCCO)c1cc(-c2ccc3c(c2)OCCO3)nc2ccccc12. The predicted octanol–water partition coefficient (Wildman–Crippen LogP) is 2.82. The second-order valence-electron chi connectivity index (χ2n) is 5.79. The van der Waals surface area contributed by atoms with Crippen LogP contribution < -0.4 is 9.47 Å². The highest BCUT2D eigenvalue weighted by Gasteiger charge is 2.17. The first-order valence-electron chi connectivity index (χ1n) is 8.34. The number of benzene rings is 2. The van der Waals surface area contributed by atoms with Crippen molar-refractivity contribution in [3.63, 3.8) is 0 Å². The van der Waals surface area contributed by atoms with Gasteiger partial charge in [0, 0.05) is 10.9 Å². The maximum Gasteiger partial charge on any atom is 0.338 e. The van der Waals surface area contributed by atoms with Crippen molar-refractivity contribution in [2.75, 3.05) is 26.4 Å². The lowest BCUT2D eigenvalue weighted by Gasteiger charge is -2.19. The molecule has 0 amide bonds. The highest BCUT2D eigenvalue weighted by Crippen LogP contribution is 2.35. The van der Waals surface area contributed by atoms with Gasteiger partial charge in [-0.05, 0) is 30.3 Å². The van der Waals surface area contributed by atoms with Gasteiger partial charge in [0.2, 0.25) is 0 Å². The summed E-state index contributed by atoms with van der Waals surface area (Å²) in [6.45, 7) is 0.764. The van der Waals surface area contributed by atoms with Crippen molar-refractivity contribution in [3.05, 3.63) is 54.1 Å². The molecule has 0 saturated heterocycles. The highest BCUT2D eigenvalue weighted by atomic mass is 16.6. The largest absolute Gasteiger partial charge is 0.486 e. The number of pyridine rings is 1. The first-order chi connectivity index (χ1) is 12.8. The molecule has 0 saturated carbocycles. The number of para-hydroxylation sites is 1. The number of fused-ring (bicyclic) bond motifs is 2. The molecule has 2 heterocycles. The standard InChI is InChI=1S/C20H17NO5/c22-7-8-26-20(23)15-12-17(21-16-4-2-1-3-14(15)16)13-5-6-18-19(11-13)25-10-9-24-18/h1-6,11-12,22H,7-10H2. The molecule has 4 rings (SSSR count). The minimum Gasteiger partial charge on any atom is -0.486 e. The third-order valence-corrected chi connectivity index (χ3v) is 4.10. The fourth-order valence-corrected chi connectivity index (χ4v) is 2.91. The van der Waals surface area contributed by atoms with Crippen molar-refractivity contribution in [2.24, 2.45) is 0 Å². The lowest BCUT2D eigenvalue weighted by atomic mass is 10.0. The number of aliphatic hydroxyl groups is 1. The molecule has 0 radical (unpaired) electrons. The molecular formula is C20H17NO5. The number of aliphatic hydroxyl groups excluding tert-OH is 1. The number of hydrogen-bond donors (Lipinski definition) is 1. The van der Waals surface area contributed by atoms with Crippen LogP contribution in [0.3, 0.4) is 0 Å². The van der Waals surface area contributed by atoms with E-state index in [9.17, 15) is 4.79 Å². The Morgan fingerprint density at radius 2 is 1.88 bits per heavy atom. The molecule has 1 N–H and O–H groups in total. The smallest absolute Gasteiger partial charge is 0.338 e. The molecule has 0 unspecified atom stereocenters. The fourth-order valence-electron chi connectivity index (χ4n) is 2.91. The maximum atomic E-state index is 12.4. The number of rotatable bonds is 4. The lowest BCUT2D eigenvalue weighted by molar-refractivity contribution is 0.0436. The van der Waals surface area contributed by atoms with Crippen LogP contribution in [0.15, 0.2) is 48.5 Å². The molecule has 1 aromatic heterocycles. The molecule has 0 bridgehead atoms. The molecule has 0 aliphatic carbocycles. The van der Waals surface area contributed by atoms with Crippen LogP contribution in [0.4, 0.5) is 0 Å². The second-order valence-corrected chi connectivity index (χ2v) is 5.79. The first-order valence-corrected chi connectivity index (χ1v) is 8.34. The van der Waals surface area contributed by atoms with Crippen LogP contribution in [0.1, 0.15) is 10.4 Å². The number of carbonyl (C=O) groups excluding carboxylic acids is 1. The summed E-state index contributed by atoms with van der Waals surface area (Å²) >= 11 is 0. The van der Waals surface area contributed by atoms with Gasteiger partial charge in [-0.3, -0.25) is 0 Å². The normalized spacial score (nSPS) is 12.8. The number of esters is 1. The van der Waals surface area contributed by atoms with Gasteiger partial charge < -0.3 is 19.3 Å². The van der Waals surface area contributed by atoms with Gasteiger partial charge in [-0.15, -0.1) is 0 Å². The summed E-state index contributed by atoms with van der Waals surface area (Å²) in [6, 6.07) is 14.7. The van der Waals surface area contributed by atoms with Crippen LogP contribution in [0.2, 0.25) is 0 Å². The number of nitrogens with zero attached hydrogens (tertiary/aromatic N) is 1. The van der Waals surface area contributed by atoms with Crippen molar-refractivity contribution < 1.29 is 24.1 Å². The summed E-state index contributed by atoms with van der Waals surface area (Å²) in [7, 11) is 0. The van der Waals surface area contributed by atoms with Crippen molar-refractivity contribution >= 4 is 16.9 Å². The van der Waals surface area contributed by atoms with Gasteiger partial charge in [-0.25, -0.2) is 9.78 Å². The van der Waals surface area contributed by atoms with Crippen LogP contribution >= 0.6 is 0 Å². The van der Waals surface area contributed by atoms with Crippen LogP contribution in [0.25, 0.3) is 22.2 Å². The molecule has 2 aromatic carbocycles. The molecule has 26 heavy (non-hydrogen) atoms. The highest BCUT2D eigenvalue weighted by molar-refractivity contribution is 6.04. The second kappa shape index (κ2) is 7.01. The fraction of sp³-hybridized carbons (Fsp3) is 0.200. The van der Waals surface area contributed by atoms with Crippen LogP contribution in [0.5, 0.6) is 11.5 Å². The summed E-state index contributed by atoms with van der Waals surface area (Å²) in [5.74, 6) is 0.868. The van der Waals surface area contributed by atoms with Gasteiger partial charge in [-0.2, -0.15) is 0 Å². The third-order valence-electron chi connectivity index (χ3n) is 4.10. The third kappa shape index (κ3) is 3.07.